The molecule has 1 fully saturated rings. The first-order valence-electron chi connectivity index (χ1n) is 10.1. The van der Waals surface area contributed by atoms with Gasteiger partial charge in [-0.1, -0.05) is 36.2 Å². The summed E-state index contributed by atoms with van der Waals surface area (Å²) >= 11 is 12.1. The molecular formula is C21H25Cl2N5O2. The summed E-state index contributed by atoms with van der Waals surface area (Å²) in [6.07, 6.45) is 1.65. The molecule has 1 amide bonds. The van der Waals surface area contributed by atoms with E-state index in [0.717, 1.165) is 22.6 Å². The second-order valence-corrected chi connectivity index (χ2v) is 8.74. The Balaban J connectivity index is 1.47. The average molecular weight is 450 g/mol. The third-order valence-electron chi connectivity index (χ3n) is 6.05. The maximum atomic E-state index is 13.1. The quantitative estimate of drug-likeness (QED) is 0.744. The van der Waals surface area contributed by atoms with Gasteiger partial charge in [-0.2, -0.15) is 0 Å². The number of amides is 1. The van der Waals surface area contributed by atoms with Crippen molar-refractivity contribution in [2.24, 2.45) is 5.73 Å². The Morgan fingerprint density at radius 1 is 1.23 bits per heavy atom. The molecule has 0 spiro atoms. The van der Waals surface area contributed by atoms with Crippen LogP contribution >= 0.6 is 23.2 Å². The summed E-state index contributed by atoms with van der Waals surface area (Å²) in [5, 5.41) is 11.1. The van der Waals surface area contributed by atoms with Gasteiger partial charge in [0.05, 0.1) is 27.8 Å². The lowest BCUT2D eigenvalue weighted by Gasteiger charge is -2.37. The third-order valence-corrected chi connectivity index (χ3v) is 6.79. The number of anilines is 1. The molecule has 0 unspecified atom stereocenters. The van der Waals surface area contributed by atoms with Crippen LogP contribution in [-0.2, 0) is 4.79 Å². The molecule has 1 aromatic heterocycles. The molecule has 9 heteroatoms. The summed E-state index contributed by atoms with van der Waals surface area (Å²) in [6, 6.07) is 5.21. The minimum atomic E-state index is -0.531. The van der Waals surface area contributed by atoms with Gasteiger partial charge in [-0.25, -0.2) is 9.97 Å². The van der Waals surface area contributed by atoms with E-state index >= 15 is 0 Å². The van der Waals surface area contributed by atoms with E-state index in [1.54, 1.807) is 18.2 Å². The van der Waals surface area contributed by atoms with Gasteiger partial charge in [0.25, 0.3) is 0 Å². The number of nitrogens with zero attached hydrogens (tertiary/aromatic N) is 4. The molecule has 2 aliphatic rings. The van der Waals surface area contributed by atoms with Gasteiger partial charge in [0.1, 0.15) is 12.1 Å². The van der Waals surface area contributed by atoms with E-state index in [4.69, 9.17) is 28.9 Å². The average Bonchev–Trinajstić information content (AvgIpc) is 3.05. The number of carbonyl (C=O) groups is 1. The van der Waals surface area contributed by atoms with E-state index in [9.17, 15) is 9.90 Å². The molecule has 0 radical (unpaired) electrons. The van der Waals surface area contributed by atoms with Crippen molar-refractivity contribution in [2.45, 2.75) is 31.3 Å². The molecule has 7 nitrogen and oxygen atoms in total. The highest BCUT2D eigenvalue weighted by Gasteiger charge is 2.34. The SMILES string of the molecule is C[C@@H]1C[C@H](O)c2ncnc(N3CCN(C(=O)[C@H](CN)c4ccc(Cl)c(Cl)c4)CC3)c21. The number of aliphatic hydroxyl groups excluding tert-OH is 1. The number of aromatic nitrogens is 2. The summed E-state index contributed by atoms with van der Waals surface area (Å²) in [4.78, 5) is 25.9. The highest BCUT2D eigenvalue weighted by molar-refractivity contribution is 6.42. The molecule has 1 aliphatic carbocycles. The fraction of sp³-hybridized carbons (Fsp3) is 0.476. The van der Waals surface area contributed by atoms with Crippen LogP contribution in [0.1, 0.15) is 48.1 Å². The second-order valence-electron chi connectivity index (χ2n) is 7.92. The monoisotopic (exact) mass is 449 g/mol. The Kier molecular flexibility index (Phi) is 6.16. The van der Waals surface area contributed by atoms with Crippen molar-refractivity contribution in [3.63, 3.8) is 0 Å². The number of nitrogens with two attached hydrogens (primary N) is 1. The second kappa shape index (κ2) is 8.67. The van der Waals surface area contributed by atoms with Crippen molar-refractivity contribution in [3.05, 3.63) is 51.4 Å². The Hall–Kier alpha value is -1.93. The fourth-order valence-electron chi connectivity index (χ4n) is 4.42. The van der Waals surface area contributed by atoms with Crippen molar-refractivity contribution < 1.29 is 9.90 Å². The number of rotatable bonds is 4. The first-order valence-corrected chi connectivity index (χ1v) is 10.9. The van der Waals surface area contributed by atoms with Crippen molar-refractivity contribution in [2.75, 3.05) is 37.6 Å². The lowest BCUT2D eigenvalue weighted by atomic mass is 9.97. The van der Waals surface area contributed by atoms with E-state index in [2.05, 4.69) is 21.8 Å². The summed E-state index contributed by atoms with van der Waals surface area (Å²) in [5.41, 5.74) is 8.47. The number of hydrogen-bond acceptors (Lipinski definition) is 6. The van der Waals surface area contributed by atoms with Crippen LogP contribution in [0.15, 0.2) is 24.5 Å². The molecule has 160 valence electrons. The van der Waals surface area contributed by atoms with Crippen LogP contribution in [0.25, 0.3) is 0 Å². The molecule has 2 aromatic rings. The van der Waals surface area contributed by atoms with Gasteiger partial charge in [0.2, 0.25) is 5.91 Å². The van der Waals surface area contributed by atoms with Crippen molar-refractivity contribution in [1.82, 2.24) is 14.9 Å². The Morgan fingerprint density at radius 3 is 2.63 bits per heavy atom. The summed E-state index contributed by atoms with van der Waals surface area (Å²) in [5.74, 6) is 0.621. The van der Waals surface area contributed by atoms with Crippen molar-refractivity contribution >= 4 is 34.9 Å². The number of carbonyl (C=O) groups excluding carboxylic acids is 1. The summed E-state index contributed by atoms with van der Waals surface area (Å²) < 4.78 is 0. The highest BCUT2D eigenvalue weighted by atomic mass is 35.5. The van der Waals surface area contributed by atoms with E-state index in [1.807, 2.05) is 4.90 Å². The molecular weight excluding hydrogens is 425 g/mol. The van der Waals surface area contributed by atoms with Crippen LogP contribution in [0.3, 0.4) is 0 Å². The van der Waals surface area contributed by atoms with Crippen molar-refractivity contribution in [3.8, 4) is 0 Å². The minimum absolute atomic E-state index is 0.00718. The van der Waals surface area contributed by atoms with Gasteiger partial charge in [0, 0.05) is 38.3 Å². The predicted molar refractivity (Wildman–Crippen MR) is 117 cm³/mol. The zero-order valence-electron chi connectivity index (χ0n) is 16.8. The minimum Gasteiger partial charge on any atom is -0.387 e. The first kappa shape index (κ1) is 21.3. The van der Waals surface area contributed by atoms with E-state index in [0.29, 0.717) is 42.6 Å². The number of fused-ring (bicyclic) bond motifs is 1. The zero-order valence-corrected chi connectivity index (χ0v) is 18.3. The molecule has 1 aromatic carbocycles. The third kappa shape index (κ3) is 3.87. The topological polar surface area (TPSA) is 95.6 Å². The Bertz CT molecular complexity index is 949. The molecule has 4 rings (SSSR count). The Labute approximate surface area is 185 Å². The maximum absolute atomic E-state index is 13.1. The standard InChI is InChI=1S/C21H25Cl2N5O2/c1-12-8-17(29)19-18(12)20(26-11-25-19)27-4-6-28(7-5-27)21(30)14(10-24)13-2-3-15(22)16(23)9-13/h2-3,9,11-12,14,17,29H,4-8,10,24H2,1H3/t12-,14-,17+/m1/s1. The van der Waals surface area contributed by atoms with Gasteiger partial charge in [-0.3, -0.25) is 4.79 Å². The summed E-state index contributed by atoms with van der Waals surface area (Å²) in [7, 11) is 0. The van der Waals surface area contributed by atoms with E-state index < -0.39 is 12.0 Å². The van der Waals surface area contributed by atoms with Crippen molar-refractivity contribution in [1.29, 1.82) is 0 Å². The number of aliphatic hydroxyl groups is 1. The van der Waals surface area contributed by atoms with Crippen LogP contribution < -0.4 is 10.6 Å². The number of benzene rings is 1. The lowest BCUT2D eigenvalue weighted by Crippen LogP contribution is -2.51. The highest BCUT2D eigenvalue weighted by Crippen LogP contribution is 2.42. The number of piperazine rings is 1. The van der Waals surface area contributed by atoms with Gasteiger partial charge in [0.15, 0.2) is 0 Å². The largest absolute Gasteiger partial charge is 0.387 e. The van der Waals surface area contributed by atoms with Crippen LogP contribution in [0, 0.1) is 0 Å². The molecule has 0 bridgehead atoms. The molecule has 3 N–H and O–H groups in total. The van der Waals surface area contributed by atoms with Gasteiger partial charge in [-0.05, 0) is 30.0 Å². The lowest BCUT2D eigenvalue weighted by molar-refractivity contribution is -0.132. The summed E-state index contributed by atoms with van der Waals surface area (Å²) in [6.45, 7) is 4.77. The molecule has 0 saturated carbocycles. The van der Waals surface area contributed by atoms with E-state index in [1.165, 1.54) is 6.33 Å². The molecule has 3 atom stereocenters. The fourth-order valence-corrected chi connectivity index (χ4v) is 4.73. The first-order chi connectivity index (χ1) is 14.4. The molecule has 2 heterocycles. The van der Waals surface area contributed by atoms with Gasteiger partial charge >= 0.3 is 0 Å². The normalized spacial score (nSPS) is 22.2. The predicted octanol–water partition coefficient (Wildman–Crippen LogP) is 2.72. The van der Waals surface area contributed by atoms with Gasteiger partial charge < -0.3 is 20.6 Å². The molecule has 30 heavy (non-hydrogen) atoms. The zero-order chi connectivity index (χ0) is 21.4. The van der Waals surface area contributed by atoms with E-state index in [-0.39, 0.29) is 18.4 Å². The van der Waals surface area contributed by atoms with Crippen LogP contribution in [-0.4, -0.2) is 58.6 Å². The molecule has 1 saturated heterocycles. The maximum Gasteiger partial charge on any atom is 0.231 e. The van der Waals surface area contributed by atoms with Crippen LogP contribution in [0.2, 0.25) is 10.0 Å². The number of halogens is 2. The number of hydrogen-bond donors (Lipinski definition) is 2. The smallest absolute Gasteiger partial charge is 0.231 e. The Morgan fingerprint density at radius 2 is 1.97 bits per heavy atom. The van der Waals surface area contributed by atoms with Gasteiger partial charge in [-0.15, -0.1) is 0 Å². The molecule has 1 aliphatic heterocycles. The van der Waals surface area contributed by atoms with Crippen LogP contribution in [0.4, 0.5) is 5.82 Å². The van der Waals surface area contributed by atoms with Crippen LogP contribution in [0.5, 0.6) is 0 Å².